The third-order valence-electron chi connectivity index (χ3n) is 2.76. The number of hydrogen-bond donors (Lipinski definition) is 2. The summed E-state index contributed by atoms with van der Waals surface area (Å²) in [4.78, 5) is 11.2. The number of hydrogen-bond acceptors (Lipinski definition) is 2. The highest BCUT2D eigenvalue weighted by Crippen LogP contribution is 2.18. The molecular formula is C13H20ClNO2. The molecule has 0 bridgehead atoms. The number of aliphatic carboxylic acids is 1. The Balaban J connectivity index is 0.00000256. The zero-order chi connectivity index (χ0) is 12.0. The quantitative estimate of drug-likeness (QED) is 0.824. The first-order valence-electron chi connectivity index (χ1n) is 5.64. The predicted molar refractivity (Wildman–Crippen MR) is 71.5 cm³/mol. The lowest BCUT2D eigenvalue weighted by Gasteiger charge is -2.24. The molecule has 0 saturated carbocycles. The summed E-state index contributed by atoms with van der Waals surface area (Å²) >= 11 is 0. The number of carbonyl (C=O) groups is 1. The van der Waals surface area contributed by atoms with E-state index in [0.29, 0.717) is 12.8 Å². The summed E-state index contributed by atoms with van der Waals surface area (Å²) in [5.74, 6) is -0.912. The maximum atomic E-state index is 11.2. The van der Waals surface area contributed by atoms with Crippen molar-refractivity contribution < 1.29 is 9.90 Å². The Kier molecular flexibility index (Phi) is 6.85. The minimum absolute atomic E-state index is 0. The SMILES string of the molecule is CCCC[C@](N)(Cc1ccccc1)C(=O)O.Cl. The zero-order valence-electron chi connectivity index (χ0n) is 10.1. The van der Waals surface area contributed by atoms with Crippen LogP contribution in [0.2, 0.25) is 0 Å². The molecule has 1 aromatic rings. The fraction of sp³-hybridized carbons (Fsp3) is 0.462. The lowest BCUT2D eigenvalue weighted by molar-refractivity contribution is -0.143. The highest BCUT2D eigenvalue weighted by atomic mass is 35.5. The van der Waals surface area contributed by atoms with E-state index in [-0.39, 0.29) is 12.4 Å². The number of carboxylic acids is 1. The Labute approximate surface area is 108 Å². The molecule has 96 valence electrons. The van der Waals surface area contributed by atoms with Gasteiger partial charge in [0.05, 0.1) is 0 Å². The van der Waals surface area contributed by atoms with Gasteiger partial charge in [-0.05, 0) is 12.0 Å². The molecule has 0 amide bonds. The molecule has 0 spiro atoms. The topological polar surface area (TPSA) is 63.3 Å². The standard InChI is InChI=1S/C13H19NO2.ClH/c1-2-3-9-13(14,12(15)16)10-11-7-5-4-6-8-11;/h4-8H,2-3,9-10,14H2,1H3,(H,15,16);1H/t13-;/m0./s1. The Bertz CT molecular complexity index is 343. The summed E-state index contributed by atoms with van der Waals surface area (Å²) in [7, 11) is 0. The first-order valence-corrected chi connectivity index (χ1v) is 5.64. The van der Waals surface area contributed by atoms with E-state index >= 15 is 0 Å². The van der Waals surface area contributed by atoms with Gasteiger partial charge in [0.1, 0.15) is 5.54 Å². The number of carboxylic acid groups (broad SMARTS) is 1. The van der Waals surface area contributed by atoms with Crippen molar-refractivity contribution in [1.82, 2.24) is 0 Å². The van der Waals surface area contributed by atoms with Gasteiger partial charge in [0.25, 0.3) is 0 Å². The zero-order valence-corrected chi connectivity index (χ0v) is 10.9. The van der Waals surface area contributed by atoms with Crippen molar-refractivity contribution in [3.63, 3.8) is 0 Å². The van der Waals surface area contributed by atoms with Crippen LogP contribution in [0.5, 0.6) is 0 Å². The van der Waals surface area contributed by atoms with Crippen LogP contribution >= 0.6 is 12.4 Å². The lowest BCUT2D eigenvalue weighted by Crippen LogP contribution is -2.49. The van der Waals surface area contributed by atoms with Gasteiger partial charge in [-0.2, -0.15) is 0 Å². The summed E-state index contributed by atoms with van der Waals surface area (Å²) in [6.45, 7) is 2.03. The van der Waals surface area contributed by atoms with Crippen LogP contribution in [0.4, 0.5) is 0 Å². The number of benzene rings is 1. The van der Waals surface area contributed by atoms with Gasteiger partial charge in [0.15, 0.2) is 0 Å². The maximum absolute atomic E-state index is 11.2. The van der Waals surface area contributed by atoms with E-state index in [1.807, 2.05) is 37.3 Å². The van der Waals surface area contributed by atoms with Gasteiger partial charge in [-0.3, -0.25) is 4.79 Å². The minimum atomic E-state index is -1.13. The summed E-state index contributed by atoms with van der Waals surface area (Å²) in [5, 5.41) is 9.20. The van der Waals surface area contributed by atoms with Gasteiger partial charge in [-0.25, -0.2) is 0 Å². The van der Waals surface area contributed by atoms with E-state index in [9.17, 15) is 9.90 Å². The second kappa shape index (κ2) is 7.30. The smallest absolute Gasteiger partial charge is 0.324 e. The van der Waals surface area contributed by atoms with E-state index in [1.54, 1.807) is 0 Å². The molecule has 1 atom stereocenters. The minimum Gasteiger partial charge on any atom is -0.480 e. The van der Waals surface area contributed by atoms with Gasteiger partial charge in [-0.1, -0.05) is 50.1 Å². The van der Waals surface area contributed by atoms with Crippen LogP contribution in [-0.4, -0.2) is 16.6 Å². The fourth-order valence-electron chi connectivity index (χ4n) is 1.72. The molecule has 0 aliphatic carbocycles. The maximum Gasteiger partial charge on any atom is 0.324 e. The Hall–Kier alpha value is -1.06. The van der Waals surface area contributed by atoms with Crippen LogP contribution in [0.15, 0.2) is 30.3 Å². The number of rotatable bonds is 6. The first kappa shape index (κ1) is 15.9. The molecular weight excluding hydrogens is 238 g/mol. The van der Waals surface area contributed by atoms with E-state index in [0.717, 1.165) is 18.4 Å². The molecule has 0 aromatic heterocycles. The Morgan fingerprint density at radius 2 is 1.94 bits per heavy atom. The number of unbranched alkanes of at least 4 members (excludes halogenated alkanes) is 1. The Morgan fingerprint density at radius 1 is 1.35 bits per heavy atom. The van der Waals surface area contributed by atoms with E-state index in [4.69, 9.17) is 5.73 Å². The highest BCUT2D eigenvalue weighted by molar-refractivity contribution is 5.85. The highest BCUT2D eigenvalue weighted by Gasteiger charge is 2.33. The second-order valence-electron chi connectivity index (χ2n) is 4.23. The van der Waals surface area contributed by atoms with Crippen molar-refractivity contribution in [3.05, 3.63) is 35.9 Å². The molecule has 0 saturated heterocycles. The van der Waals surface area contributed by atoms with Crippen molar-refractivity contribution in [3.8, 4) is 0 Å². The van der Waals surface area contributed by atoms with Gasteiger partial charge >= 0.3 is 5.97 Å². The summed E-state index contributed by atoms with van der Waals surface area (Å²) in [6.07, 6.45) is 2.72. The molecule has 4 heteroatoms. The van der Waals surface area contributed by atoms with Gasteiger partial charge in [0, 0.05) is 6.42 Å². The fourth-order valence-corrected chi connectivity index (χ4v) is 1.72. The normalized spacial score (nSPS) is 13.5. The summed E-state index contributed by atoms with van der Waals surface area (Å²) in [5.41, 5.74) is 5.81. The van der Waals surface area contributed by atoms with Crippen molar-refractivity contribution in [2.75, 3.05) is 0 Å². The van der Waals surface area contributed by atoms with E-state index in [2.05, 4.69) is 0 Å². The van der Waals surface area contributed by atoms with Crippen LogP contribution in [0.25, 0.3) is 0 Å². The molecule has 3 N–H and O–H groups in total. The van der Waals surface area contributed by atoms with Crippen LogP contribution < -0.4 is 5.73 Å². The van der Waals surface area contributed by atoms with Gasteiger partial charge in [-0.15, -0.1) is 12.4 Å². The van der Waals surface area contributed by atoms with Crippen molar-refractivity contribution in [2.24, 2.45) is 5.73 Å². The Morgan fingerprint density at radius 3 is 2.41 bits per heavy atom. The monoisotopic (exact) mass is 257 g/mol. The molecule has 1 rings (SSSR count). The average Bonchev–Trinajstić information content (AvgIpc) is 2.27. The van der Waals surface area contributed by atoms with Crippen LogP contribution in [0.1, 0.15) is 31.7 Å². The van der Waals surface area contributed by atoms with Gasteiger partial charge < -0.3 is 10.8 Å². The van der Waals surface area contributed by atoms with Crippen LogP contribution in [-0.2, 0) is 11.2 Å². The van der Waals surface area contributed by atoms with Gasteiger partial charge in [0.2, 0.25) is 0 Å². The molecule has 0 heterocycles. The molecule has 0 unspecified atom stereocenters. The number of nitrogens with two attached hydrogens (primary N) is 1. The molecule has 3 nitrogen and oxygen atoms in total. The average molecular weight is 258 g/mol. The molecule has 1 aromatic carbocycles. The largest absolute Gasteiger partial charge is 0.480 e. The predicted octanol–water partition coefficient (Wildman–Crippen LogP) is 2.62. The molecule has 17 heavy (non-hydrogen) atoms. The number of halogens is 1. The van der Waals surface area contributed by atoms with Crippen LogP contribution in [0, 0.1) is 0 Å². The first-order chi connectivity index (χ1) is 7.58. The molecule has 0 radical (unpaired) electrons. The third-order valence-corrected chi connectivity index (χ3v) is 2.76. The molecule has 0 aliphatic heterocycles. The summed E-state index contributed by atoms with van der Waals surface area (Å²) in [6, 6.07) is 9.54. The molecule has 0 aliphatic rings. The van der Waals surface area contributed by atoms with E-state index < -0.39 is 11.5 Å². The van der Waals surface area contributed by atoms with E-state index in [1.165, 1.54) is 0 Å². The molecule has 0 fully saturated rings. The summed E-state index contributed by atoms with van der Waals surface area (Å²) < 4.78 is 0. The van der Waals surface area contributed by atoms with Crippen LogP contribution in [0.3, 0.4) is 0 Å². The van der Waals surface area contributed by atoms with Crippen molar-refractivity contribution >= 4 is 18.4 Å². The van der Waals surface area contributed by atoms with Crippen molar-refractivity contribution in [1.29, 1.82) is 0 Å². The lowest BCUT2D eigenvalue weighted by atomic mass is 9.87. The third kappa shape index (κ3) is 4.75. The van der Waals surface area contributed by atoms with Crippen molar-refractivity contribution in [2.45, 2.75) is 38.1 Å². The second-order valence-corrected chi connectivity index (χ2v) is 4.23.